The highest BCUT2D eigenvalue weighted by Crippen LogP contribution is 2.37. The lowest BCUT2D eigenvalue weighted by atomic mass is 9.89. The Hall–Kier alpha value is -3.96. The Morgan fingerprint density at radius 2 is 1.64 bits per heavy atom. The lowest BCUT2D eigenvalue weighted by Crippen LogP contribution is -2.26. The van der Waals surface area contributed by atoms with Crippen molar-refractivity contribution in [1.29, 1.82) is 0 Å². The maximum atomic E-state index is 12.8. The van der Waals surface area contributed by atoms with Crippen molar-refractivity contribution in [2.45, 2.75) is 33.1 Å². The van der Waals surface area contributed by atoms with Crippen LogP contribution >= 0.6 is 0 Å². The van der Waals surface area contributed by atoms with Crippen LogP contribution in [0.5, 0.6) is 5.75 Å². The first-order valence-corrected chi connectivity index (χ1v) is 9.48. The number of alkyl halides is 3. The summed E-state index contributed by atoms with van der Waals surface area (Å²) in [7, 11) is 0. The van der Waals surface area contributed by atoms with E-state index in [9.17, 15) is 28.1 Å². The Kier molecular flexibility index (Phi) is 6.38. The van der Waals surface area contributed by atoms with Gasteiger partial charge < -0.3 is 13.9 Å². The normalized spacial score (nSPS) is 12.8. The standard InChI is InChI=1S/C21H18F3N3O6/c1-20(2,3)16(32-19(28)31-15-10-8-14(9-11-15)27(29)30)18-26-25-17(33-18)12-4-6-13(7-5-12)21(22,23)24/h4-11,16H,1-3H3. The number of aromatic nitrogens is 2. The minimum atomic E-state index is -4.48. The molecule has 1 unspecified atom stereocenters. The van der Waals surface area contributed by atoms with Crippen LogP contribution in [0.25, 0.3) is 11.5 Å². The Labute approximate surface area is 185 Å². The van der Waals surface area contributed by atoms with Crippen molar-refractivity contribution in [3.8, 4) is 17.2 Å². The Morgan fingerprint density at radius 1 is 1.03 bits per heavy atom. The Morgan fingerprint density at radius 3 is 2.15 bits per heavy atom. The lowest BCUT2D eigenvalue weighted by molar-refractivity contribution is -0.384. The largest absolute Gasteiger partial charge is 0.514 e. The monoisotopic (exact) mass is 465 g/mol. The van der Waals surface area contributed by atoms with Crippen LogP contribution in [-0.2, 0) is 10.9 Å². The second-order valence-electron chi connectivity index (χ2n) is 7.99. The highest BCUT2D eigenvalue weighted by Gasteiger charge is 2.36. The molecular formula is C21H18F3N3O6. The van der Waals surface area contributed by atoms with E-state index in [-0.39, 0.29) is 28.8 Å². The van der Waals surface area contributed by atoms with Gasteiger partial charge in [-0.25, -0.2) is 4.79 Å². The van der Waals surface area contributed by atoms with Crippen LogP contribution in [-0.4, -0.2) is 21.3 Å². The van der Waals surface area contributed by atoms with Gasteiger partial charge >= 0.3 is 12.3 Å². The quantitative estimate of drug-likeness (QED) is 0.196. The number of hydrogen-bond acceptors (Lipinski definition) is 8. The van der Waals surface area contributed by atoms with Gasteiger partial charge in [-0.2, -0.15) is 13.2 Å². The predicted octanol–water partition coefficient (Wildman–Crippen LogP) is 5.97. The first kappa shape index (κ1) is 23.7. The first-order valence-electron chi connectivity index (χ1n) is 9.48. The molecular weight excluding hydrogens is 447 g/mol. The zero-order valence-electron chi connectivity index (χ0n) is 17.6. The maximum absolute atomic E-state index is 12.8. The van der Waals surface area contributed by atoms with E-state index in [2.05, 4.69) is 10.2 Å². The number of hydrogen-bond donors (Lipinski definition) is 0. The van der Waals surface area contributed by atoms with Crippen LogP contribution in [0.2, 0.25) is 0 Å². The van der Waals surface area contributed by atoms with E-state index in [4.69, 9.17) is 13.9 Å². The highest BCUT2D eigenvalue weighted by atomic mass is 19.4. The molecule has 9 nitrogen and oxygen atoms in total. The summed E-state index contributed by atoms with van der Waals surface area (Å²) in [4.78, 5) is 22.4. The van der Waals surface area contributed by atoms with Gasteiger partial charge in [0.1, 0.15) is 5.75 Å². The minimum absolute atomic E-state index is 0.0224. The van der Waals surface area contributed by atoms with Crippen LogP contribution < -0.4 is 4.74 Å². The zero-order valence-corrected chi connectivity index (χ0v) is 17.6. The number of carbonyl (C=O) groups excluding carboxylic acids is 1. The molecule has 0 fully saturated rings. The third-order valence-corrected chi connectivity index (χ3v) is 4.37. The van der Waals surface area contributed by atoms with Crippen molar-refractivity contribution in [2.75, 3.05) is 0 Å². The second-order valence-corrected chi connectivity index (χ2v) is 7.99. The molecule has 3 aromatic rings. The fourth-order valence-corrected chi connectivity index (χ4v) is 2.71. The van der Waals surface area contributed by atoms with Gasteiger partial charge in [0.05, 0.1) is 10.5 Å². The van der Waals surface area contributed by atoms with Gasteiger partial charge in [0.15, 0.2) is 6.10 Å². The third kappa shape index (κ3) is 5.84. The summed E-state index contributed by atoms with van der Waals surface area (Å²) in [6.07, 6.45) is -6.65. The van der Waals surface area contributed by atoms with Gasteiger partial charge in [-0.1, -0.05) is 20.8 Å². The average Bonchev–Trinajstić information content (AvgIpc) is 3.21. The van der Waals surface area contributed by atoms with E-state index < -0.39 is 34.3 Å². The number of rotatable bonds is 5. The van der Waals surface area contributed by atoms with Crippen molar-refractivity contribution in [2.24, 2.45) is 5.41 Å². The van der Waals surface area contributed by atoms with Crippen LogP contribution in [0.4, 0.5) is 23.7 Å². The van der Waals surface area contributed by atoms with Gasteiger partial charge in [-0.05, 0) is 36.4 Å². The molecule has 0 bridgehead atoms. The molecule has 0 aliphatic heterocycles. The number of benzene rings is 2. The van der Waals surface area contributed by atoms with Crippen molar-refractivity contribution in [3.05, 3.63) is 70.1 Å². The molecule has 0 spiro atoms. The smallest absolute Gasteiger partial charge is 0.420 e. The highest BCUT2D eigenvalue weighted by molar-refractivity contribution is 5.64. The minimum Gasteiger partial charge on any atom is -0.420 e. The molecule has 0 radical (unpaired) electrons. The fourth-order valence-electron chi connectivity index (χ4n) is 2.71. The Bertz CT molecular complexity index is 1140. The van der Waals surface area contributed by atoms with Crippen LogP contribution in [0.1, 0.15) is 38.3 Å². The summed E-state index contributed by atoms with van der Waals surface area (Å²) in [5, 5.41) is 18.4. The molecule has 0 saturated heterocycles. The second kappa shape index (κ2) is 8.88. The third-order valence-electron chi connectivity index (χ3n) is 4.37. The molecule has 1 atom stereocenters. The van der Waals surface area contributed by atoms with Gasteiger partial charge in [0.2, 0.25) is 5.89 Å². The molecule has 0 saturated carbocycles. The fraction of sp³-hybridized carbons (Fsp3) is 0.286. The van der Waals surface area contributed by atoms with Crippen LogP contribution in [0.3, 0.4) is 0 Å². The van der Waals surface area contributed by atoms with Gasteiger partial charge in [-0.15, -0.1) is 10.2 Å². The SMILES string of the molecule is CC(C)(C)C(OC(=O)Oc1ccc([N+](=O)[O-])cc1)c1nnc(-c2ccc(C(F)(F)F)cc2)o1. The van der Waals surface area contributed by atoms with Crippen molar-refractivity contribution in [3.63, 3.8) is 0 Å². The molecule has 1 aromatic heterocycles. The molecule has 3 rings (SSSR count). The van der Waals surface area contributed by atoms with E-state index in [1.807, 2.05) is 0 Å². The summed E-state index contributed by atoms with van der Waals surface area (Å²) >= 11 is 0. The molecule has 33 heavy (non-hydrogen) atoms. The maximum Gasteiger partial charge on any atom is 0.514 e. The molecule has 0 aliphatic carbocycles. The number of carbonyl (C=O) groups is 1. The molecule has 0 amide bonds. The van der Waals surface area contributed by atoms with Crippen LogP contribution in [0.15, 0.2) is 52.9 Å². The molecule has 0 aliphatic rings. The number of nitrogens with zero attached hydrogens (tertiary/aromatic N) is 3. The van der Waals surface area contributed by atoms with Crippen molar-refractivity contribution >= 4 is 11.8 Å². The number of halogens is 3. The van der Waals surface area contributed by atoms with E-state index in [0.717, 1.165) is 24.3 Å². The number of non-ortho nitro benzene ring substituents is 1. The van der Waals surface area contributed by atoms with Gasteiger partial charge in [0.25, 0.3) is 11.6 Å². The molecule has 12 heteroatoms. The Balaban J connectivity index is 1.76. The van der Waals surface area contributed by atoms with Gasteiger partial charge in [0, 0.05) is 23.1 Å². The van der Waals surface area contributed by atoms with E-state index in [0.29, 0.717) is 0 Å². The van der Waals surface area contributed by atoms with E-state index in [1.54, 1.807) is 20.8 Å². The summed E-state index contributed by atoms with van der Waals surface area (Å²) < 4.78 is 54.2. The number of nitro groups is 1. The van der Waals surface area contributed by atoms with Crippen molar-refractivity contribution < 1.29 is 36.8 Å². The molecule has 174 valence electrons. The predicted molar refractivity (Wildman–Crippen MR) is 107 cm³/mol. The zero-order chi connectivity index (χ0) is 24.4. The lowest BCUT2D eigenvalue weighted by Gasteiger charge is -2.26. The number of ether oxygens (including phenoxy) is 2. The molecule has 1 heterocycles. The molecule has 0 N–H and O–H groups in total. The van der Waals surface area contributed by atoms with Gasteiger partial charge in [-0.3, -0.25) is 10.1 Å². The average molecular weight is 465 g/mol. The van der Waals surface area contributed by atoms with Crippen molar-refractivity contribution in [1.82, 2.24) is 10.2 Å². The summed E-state index contributed by atoms with van der Waals surface area (Å²) in [6.45, 7) is 5.20. The van der Waals surface area contributed by atoms with Crippen LogP contribution in [0, 0.1) is 15.5 Å². The summed E-state index contributed by atoms with van der Waals surface area (Å²) in [5.74, 6) is -0.118. The molecule has 2 aromatic carbocycles. The number of nitro benzene ring substituents is 1. The summed E-state index contributed by atoms with van der Waals surface area (Å²) in [5.41, 5.74) is -1.47. The first-order chi connectivity index (χ1) is 15.3. The summed E-state index contributed by atoms with van der Waals surface area (Å²) in [6, 6.07) is 8.96. The topological polar surface area (TPSA) is 118 Å². The van der Waals surface area contributed by atoms with E-state index in [1.165, 1.54) is 24.3 Å². The van der Waals surface area contributed by atoms with E-state index >= 15 is 0 Å².